The molecule has 1 heterocycles. The van der Waals surface area contributed by atoms with Crippen molar-refractivity contribution in [2.45, 2.75) is 25.7 Å². The molecule has 0 radical (unpaired) electrons. The Hall–Kier alpha value is -0.280. The Morgan fingerprint density at radius 1 is 1.50 bits per heavy atom. The average molecular weight is 226 g/mol. The molecular weight excluding hydrogens is 212 g/mol. The number of Topliss-reactive ketones (excluding diaryl/α,β-unsaturated/α-hetero) is 1. The molecule has 14 heavy (non-hydrogen) atoms. The molecule has 0 amide bonds. The van der Waals surface area contributed by atoms with Crippen LogP contribution in [0.4, 0.5) is 0 Å². The first-order valence-electron chi connectivity index (χ1n) is 4.95. The largest absolute Gasteiger partial charge is 0.292 e. The van der Waals surface area contributed by atoms with Gasteiger partial charge in [-0.25, -0.2) is 0 Å². The average Bonchev–Trinajstić information content (AvgIpc) is 2.61. The van der Waals surface area contributed by atoms with Gasteiger partial charge in [-0.15, -0.1) is 11.3 Å². The number of thiophene rings is 1. The molecule has 2 rings (SSSR count). The molecule has 0 aromatic carbocycles. The highest BCUT2D eigenvalue weighted by Gasteiger charge is 2.16. The summed E-state index contributed by atoms with van der Waals surface area (Å²) in [5, 5.41) is 0. The maximum Gasteiger partial charge on any atom is 0.182 e. The van der Waals surface area contributed by atoms with Crippen molar-refractivity contribution in [2.24, 2.45) is 0 Å². The monoisotopic (exact) mass is 226 g/mol. The molecule has 1 aromatic rings. The second kappa shape index (κ2) is 4.49. The number of carbonyl (C=O) groups is 1. The van der Waals surface area contributed by atoms with Crippen LogP contribution in [0.5, 0.6) is 0 Å². The van der Waals surface area contributed by atoms with Crippen LogP contribution in [0.3, 0.4) is 0 Å². The normalized spacial score (nSPS) is 15.2. The molecule has 0 N–H and O–H groups in total. The van der Waals surface area contributed by atoms with Crippen LogP contribution in [-0.4, -0.2) is 17.8 Å². The SMILES string of the molecule is CSCC(=O)c1cc2c(s1)CCCC2. The molecular formula is C11H14OS2. The predicted octanol–water partition coefficient (Wildman–Crippen LogP) is 3.17. The summed E-state index contributed by atoms with van der Waals surface area (Å²) in [5.74, 6) is 0.927. The van der Waals surface area contributed by atoms with Crippen LogP contribution in [0.25, 0.3) is 0 Å². The van der Waals surface area contributed by atoms with E-state index in [4.69, 9.17) is 0 Å². The van der Waals surface area contributed by atoms with Crippen molar-refractivity contribution in [2.75, 3.05) is 12.0 Å². The molecule has 0 unspecified atom stereocenters. The lowest BCUT2D eigenvalue weighted by Gasteiger charge is -2.08. The van der Waals surface area contributed by atoms with Crippen LogP contribution >= 0.6 is 23.1 Å². The second-order valence-electron chi connectivity index (χ2n) is 3.62. The van der Waals surface area contributed by atoms with Gasteiger partial charge >= 0.3 is 0 Å². The van der Waals surface area contributed by atoms with E-state index >= 15 is 0 Å². The maximum absolute atomic E-state index is 11.7. The Morgan fingerprint density at radius 2 is 2.29 bits per heavy atom. The number of ketones is 1. The highest BCUT2D eigenvalue weighted by molar-refractivity contribution is 7.99. The Bertz CT molecular complexity index is 318. The fourth-order valence-corrected chi connectivity index (χ4v) is 3.53. The minimum atomic E-state index is 0.303. The third-order valence-electron chi connectivity index (χ3n) is 2.55. The molecule has 1 aromatic heterocycles. The lowest BCUT2D eigenvalue weighted by molar-refractivity contribution is 0.102. The Balaban J connectivity index is 2.19. The van der Waals surface area contributed by atoms with E-state index in [9.17, 15) is 4.79 Å². The van der Waals surface area contributed by atoms with E-state index in [2.05, 4.69) is 6.07 Å². The molecule has 0 aliphatic heterocycles. The third-order valence-corrected chi connectivity index (χ3v) is 4.38. The summed E-state index contributed by atoms with van der Waals surface area (Å²) >= 11 is 3.33. The summed E-state index contributed by atoms with van der Waals surface area (Å²) < 4.78 is 0. The summed E-state index contributed by atoms with van der Waals surface area (Å²) in [6.07, 6.45) is 6.93. The van der Waals surface area contributed by atoms with Crippen molar-refractivity contribution in [3.63, 3.8) is 0 Å². The van der Waals surface area contributed by atoms with Crippen molar-refractivity contribution in [3.05, 3.63) is 21.4 Å². The van der Waals surface area contributed by atoms with Crippen LogP contribution in [0.2, 0.25) is 0 Å². The van der Waals surface area contributed by atoms with Crippen molar-refractivity contribution in [3.8, 4) is 0 Å². The Labute approximate surface area is 92.9 Å². The van der Waals surface area contributed by atoms with Gasteiger partial charge in [0.15, 0.2) is 5.78 Å². The van der Waals surface area contributed by atoms with Gasteiger partial charge in [-0.2, -0.15) is 11.8 Å². The Morgan fingerprint density at radius 3 is 3.00 bits per heavy atom. The second-order valence-corrected chi connectivity index (χ2v) is 5.63. The zero-order chi connectivity index (χ0) is 9.97. The summed E-state index contributed by atoms with van der Waals surface area (Å²) in [5.41, 5.74) is 1.44. The minimum absolute atomic E-state index is 0.303. The highest BCUT2D eigenvalue weighted by atomic mass is 32.2. The molecule has 0 fully saturated rings. The number of aryl methyl sites for hydroxylation is 2. The summed E-state index contributed by atoms with van der Waals surface area (Å²) in [4.78, 5) is 14.1. The van der Waals surface area contributed by atoms with Crippen LogP contribution in [0.1, 0.15) is 33.0 Å². The third kappa shape index (κ3) is 2.04. The van der Waals surface area contributed by atoms with Gasteiger partial charge < -0.3 is 0 Å². The first-order valence-corrected chi connectivity index (χ1v) is 7.16. The quantitative estimate of drug-likeness (QED) is 0.736. The lowest BCUT2D eigenvalue weighted by Crippen LogP contribution is -1.98. The fraction of sp³-hybridized carbons (Fsp3) is 0.545. The van der Waals surface area contributed by atoms with Gasteiger partial charge in [-0.3, -0.25) is 4.79 Å². The van der Waals surface area contributed by atoms with E-state index in [-0.39, 0.29) is 0 Å². The molecule has 76 valence electrons. The molecule has 0 saturated heterocycles. The van der Waals surface area contributed by atoms with E-state index in [0.29, 0.717) is 11.5 Å². The number of rotatable bonds is 3. The van der Waals surface area contributed by atoms with Crippen LogP contribution < -0.4 is 0 Å². The van der Waals surface area contributed by atoms with Gasteiger partial charge in [0.1, 0.15) is 0 Å². The molecule has 0 spiro atoms. The van der Waals surface area contributed by atoms with Gasteiger partial charge in [0.2, 0.25) is 0 Å². The molecule has 1 aliphatic rings. The first-order chi connectivity index (χ1) is 6.81. The van der Waals surface area contributed by atoms with Gasteiger partial charge in [0.05, 0.1) is 10.6 Å². The topological polar surface area (TPSA) is 17.1 Å². The smallest absolute Gasteiger partial charge is 0.182 e. The zero-order valence-electron chi connectivity index (χ0n) is 8.34. The van der Waals surface area contributed by atoms with Crippen molar-refractivity contribution in [1.82, 2.24) is 0 Å². The molecule has 1 nitrogen and oxygen atoms in total. The molecule has 0 bridgehead atoms. The maximum atomic E-state index is 11.7. The summed E-state index contributed by atoms with van der Waals surface area (Å²) in [6, 6.07) is 2.12. The number of thioether (sulfide) groups is 1. The molecule has 3 heteroatoms. The van der Waals surface area contributed by atoms with E-state index < -0.39 is 0 Å². The van der Waals surface area contributed by atoms with E-state index in [1.54, 1.807) is 23.1 Å². The Kier molecular flexibility index (Phi) is 3.29. The molecule has 0 saturated carbocycles. The number of hydrogen-bond donors (Lipinski definition) is 0. The van der Waals surface area contributed by atoms with Crippen LogP contribution in [0.15, 0.2) is 6.07 Å². The van der Waals surface area contributed by atoms with Crippen molar-refractivity contribution in [1.29, 1.82) is 0 Å². The van der Waals surface area contributed by atoms with Crippen LogP contribution in [-0.2, 0) is 12.8 Å². The van der Waals surface area contributed by atoms with Gasteiger partial charge in [0, 0.05) is 4.88 Å². The van der Waals surface area contributed by atoms with Gasteiger partial charge in [-0.05, 0) is 43.6 Å². The van der Waals surface area contributed by atoms with Crippen molar-refractivity contribution < 1.29 is 4.79 Å². The van der Waals surface area contributed by atoms with Gasteiger partial charge in [-0.1, -0.05) is 0 Å². The van der Waals surface area contributed by atoms with Gasteiger partial charge in [0.25, 0.3) is 0 Å². The van der Waals surface area contributed by atoms with E-state index in [1.807, 2.05) is 6.26 Å². The predicted molar refractivity (Wildman–Crippen MR) is 63.7 cm³/mol. The molecule has 1 aliphatic carbocycles. The summed E-state index contributed by atoms with van der Waals surface area (Å²) in [7, 11) is 0. The highest BCUT2D eigenvalue weighted by Crippen LogP contribution is 2.30. The number of carbonyl (C=O) groups excluding carboxylic acids is 1. The van der Waals surface area contributed by atoms with E-state index in [1.165, 1.54) is 36.1 Å². The minimum Gasteiger partial charge on any atom is -0.292 e. The number of hydrogen-bond acceptors (Lipinski definition) is 3. The van der Waals surface area contributed by atoms with Crippen LogP contribution in [0, 0.1) is 0 Å². The lowest BCUT2D eigenvalue weighted by atomic mass is 9.99. The van der Waals surface area contributed by atoms with E-state index in [0.717, 1.165) is 4.88 Å². The van der Waals surface area contributed by atoms with Crippen molar-refractivity contribution >= 4 is 28.9 Å². The zero-order valence-corrected chi connectivity index (χ0v) is 9.97. The number of fused-ring (bicyclic) bond motifs is 1. The summed E-state index contributed by atoms with van der Waals surface area (Å²) in [6.45, 7) is 0. The first kappa shape index (κ1) is 10.2. The molecule has 0 atom stereocenters. The standard InChI is InChI=1S/C11H14OS2/c1-13-7-9(12)11-6-8-4-2-3-5-10(8)14-11/h6H,2-5,7H2,1H3. The fourth-order valence-electron chi connectivity index (χ4n) is 1.83.